The van der Waals surface area contributed by atoms with Gasteiger partial charge in [0.15, 0.2) is 0 Å². The number of anilines is 1. The molecular formula is C24H27NO6. The van der Waals surface area contributed by atoms with E-state index < -0.39 is 17.5 Å². The SMILES string of the molecule is COC(=O)c1ccc(/C=C(\COc2ccc(NC(C)=O)cc2)C(=O)OC(C)(C)C)cc1. The largest absolute Gasteiger partial charge is 0.489 e. The van der Waals surface area contributed by atoms with Crippen molar-refractivity contribution in [2.45, 2.75) is 33.3 Å². The fraction of sp³-hybridized carbons (Fsp3) is 0.292. The molecule has 2 aromatic rings. The van der Waals surface area contributed by atoms with Crippen molar-refractivity contribution in [3.63, 3.8) is 0 Å². The molecule has 0 aliphatic rings. The molecule has 0 unspecified atom stereocenters. The Morgan fingerprint density at radius 2 is 1.58 bits per heavy atom. The Bertz CT molecular complexity index is 953. The Labute approximate surface area is 182 Å². The third-order valence-corrected chi connectivity index (χ3v) is 3.90. The molecule has 164 valence electrons. The fourth-order valence-corrected chi connectivity index (χ4v) is 2.54. The topological polar surface area (TPSA) is 90.9 Å². The van der Waals surface area contributed by atoms with Gasteiger partial charge in [-0.2, -0.15) is 0 Å². The van der Waals surface area contributed by atoms with Crippen molar-refractivity contribution in [2.24, 2.45) is 0 Å². The summed E-state index contributed by atoms with van der Waals surface area (Å²) in [4.78, 5) is 35.4. The number of nitrogens with one attached hydrogen (secondary N) is 1. The molecule has 7 nitrogen and oxygen atoms in total. The van der Waals surface area contributed by atoms with Crippen molar-refractivity contribution in [1.29, 1.82) is 0 Å². The molecule has 7 heteroatoms. The molecule has 0 fully saturated rings. The lowest BCUT2D eigenvalue weighted by atomic mass is 10.1. The second-order valence-electron chi connectivity index (χ2n) is 7.78. The van der Waals surface area contributed by atoms with Crippen molar-refractivity contribution in [3.8, 4) is 5.75 Å². The first-order valence-corrected chi connectivity index (χ1v) is 9.70. The second-order valence-corrected chi connectivity index (χ2v) is 7.78. The maximum Gasteiger partial charge on any atom is 0.338 e. The standard InChI is InChI=1S/C24H27NO6/c1-16(26)25-20-10-12-21(13-11-20)30-15-19(23(28)31-24(2,3)4)14-17-6-8-18(9-7-17)22(27)29-5/h6-14H,15H2,1-5H3,(H,25,26)/b19-14+. The Morgan fingerprint density at radius 3 is 2.10 bits per heavy atom. The summed E-state index contributed by atoms with van der Waals surface area (Å²) in [5.41, 5.74) is 1.41. The van der Waals surface area contributed by atoms with Crippen molar-refractivity contribution < 1.29 is 28.6 Å². The van der Waals surface area contributed by atoms with Gasteiger partial charge < -0.3 is 19.5 Å². The third kappa shape index (κ3) is 7.97. The molecule has 0 aromatic heterocycles. The number of benzene rings is 2. The minimum absolute atomic E-state index is 0.0207. The third-order valence-electron chi connectivity index (χ3n) is 3.90. The second kappa shape index (κ2) is 10.4. The number of carbonyl (C=O) groups is 3. The summed E-state index contributed by atoms with van der Waals surface area (Å²) in [7, 11) is 1.32. The molecule has 0 radical (unpaired) electrons. The number of rotatable bonds is 7. The summed E-state index contributed by atoms with van der Waals surface area (Å²) in [6, 6.07) is 13.5. The van der Waals surface area contributed by atoms with Crippen LogP contribution in [-0.2, 0) is 19.1 Å². The van der Waals surface area contributed by atoms with Gasteiger partial charge in [0.1, 0.15) is 18.0 Å². The van der Waals surface area contributed by atoms with Gasteiger partial charge in [0, 0.05) is 12.6 Å². The van der Waals surface area contributed by atoms with E-state index in [1.54, 1.807) is 75.4 Å². The molecule has 0 heterocycles. The highest BCUT2D eigenvalue weighted by molar-refractivity contribution is 5.95. The minimum atomic E-state index is -0.662. The van der Waals surface area contributed by atoms with Crippen LogP contribution in [0.5, 0.6) is 5.75 Å². The van der Waals surface area contributed by atoms with Crippen molar-refractivity contribution in [2.75, 3.05) is 19.0 Å². The first kappa shape index (κ1) is 23.7. The minimum Gasteiger partial charge on any atom is -0.489 e. The maximum absolute atomic E-state index is 12.7. The first-order chi connectivity index (χ1) is 14.6. The highest BCUT2D eigenvalue weighted by Crippen LogP contribution is 2.19. The van der Waals surface area contributed by atoms with Crippen LogP contribution < -0.4 is 10.1 Å². The molecule has 0 bridgehead atoms. The summed E-state index contributed by atoms with van der Waals surface area (Å²) in [6.45, 7) is 6.77. The number of methoxy groups -OCH3 is 1. The number of amides is 1. The molecule has 0 saturated heterocycles. The van der Waals surface area contributed by atoms with E-state index in [2.05, 4.69) is 5.32 Å². The molecule has 2 aromatic carbocycles. The number of hydrogen-bond acceptors (Lipinski definition) is 6. The van der Waals surface area contributed by atoms with Crippen LogP contribution in [0.1, 0.15) is 43.6 Å². The lowest BCUT2D eigenvalue weighted by Crippen LogP contribution is -2.26. The molecule has 1 N–H and O–H groups in total. The van der Waals surface area contributed by atoms with Gasteiger partial charge in [-0.15, -0.1) is 0 Å². The lowest BCUT2D eigenvalue weighted by Gasteiger charge is -2.21. The molecule has 0 aliphatic heterocycles. The van der Waals surface area contributed by atoms with Gasteiger partial charge in [-0.25, -0.2) is 9.59 Å². The van der Waals surface area contributed by atoms with Crippen LogP contribution in [-0.4, -0.2) is 37.2 Å². The molecule has 0 aliphatic carbocycles. The first-order valence-electron chi connectivity index (χ1n) is 9.70. The predicted octanol–water partition coefficient (Wildman–Crippen LogP) is 4.24. The fourth-order valence-electron chi connectivity index (χ4n) is 2.54. The van der Waals surface area contributed by atoms with Gasteiger partial charge in [-0.3, -0.25) is 4.79 Å². The van der Waals surface area contributed by atoms with Gasteiger partial charge in [0.2, 0.25) is 5.91 Å². The molecule has 0 saturated carbocycles. The summed E-state index contributed by atoms with van der Waals surface area (Å²) < 4.78 is 15.9. The summed E-state index contributed by atoms with van der Waals surface area (Å²) in [5.74, 6) is -0.569. The number of hydrogen-bond donors (Lipinski definition) is 1. The Balaban J connectivity index is 2.20. The normalized spacial score (nSPS) is 11.5. The maximum atomic E-state index is 12.7. The van der Waals surface area contributed by atoms with Crippen molar-refractivity contribution in [1.82, 2.24) is 0 Å². The summed E-state index contributed by atoms with van der Waals surface area (Å²) in [5, 5.41) is 2.68. The zero-order valence-corrected chi connectivity index (χ0v) is 18.4. The molecule has 31 heavy (non-hydrogen) atoms. The van der Waals surface area contributed by atoms with Gasteiger partial charge in [-0.1, -0.05) is 12.1 Å². The highest BCUT2D eigenvalue weighted by Gasteiger charge is 2.20. The van der Waals surface area contributed by atoms with E-state index in [0.29, 0.717) is 28.1 Å². The van der Waals surface area contributed by atoms with E-state index in [4.69, 9.17) is 14.2 Å². The van der Waals surface area contributed by atoms with Gasteiger partial charge in [0.05, 0.1) is 18.2 Å². The van der Waals surface area contributed by atoms with Gasteiger partial charge >= 0.3 is 11.9 Å². The molecule has 0 atom stereocenters. The van der Waals surface area contributed by atoms with Crippen LogP contribution in [0.2, 0.25) is 0 Å². The number of carbonyl (C=O) groups excluding carboxylic acids is 3. The Morgan fingerprint density at radius 1 is 0.968 bits per heavy atom. The zero-order chi connectivity index (χ0) is 23.0. The van der Waals surface area contributed by atoms with E-state index in [-0.39, 0.29) is 12.5 Å². The van der Waals surface area contributed by atoms with E-state index in [9.17, 15) is 14.4 Å². The van der Waals surface area contributed by atoms with Crippen molar-refractivity contribution >= 4 is 29.6 Å². The number of ether oxygens (including phenoxy) is 3. The van der Waals surface area contributed by atoms with E-state index in [1.807, 2.05) is 0 Å². The zero-order valence-electron chi connectivity index (χ0n) is 18.4. The molecular weight excluding hydrogens is 398 g/mol. The van der Waals surface area contributed by atoms with E-state index in [1.165, 1.54) is 14.0 Å². The average molecular weight is 425 g/mol. The quantitative estimate of drug-likeness (QED) is 0.527. The van der Waals surface area contributed by atoms with Crippen LogP contribution in [0, 0.1) is 0 Å². The van der Waals surface area contributed by atoms with E-state index in [0.717, 1.165) is 0 Å². The average Bonchev–Trinajstić information content (AvgIpc) is 2.70. The van der Waals surface area contributed by atoms with Crippen LogP contribution in [0.4, 0.5) is 5.69 Å². The Hall–Kier alpha value is -3.61. The van der Waals surface area contributed by atoms with Crippen molar-refractivity contribution in [3.05, 3.63) is 65.2 Å². The van der Waals surface area contributed by atoms with E-state index >= 15 is 0 Å². The highest BCUT2D eigenvalue weighted by atomic mass is 16.6. The summed E-state index contributed by atoms with van der Waals surface area (Å²) in [6.07, 6.45) is 1.65. The van der Waals surface area contributed by atoms with Crippen LogP contribution in [0.15, 0.2) is 54.1 Å². The number of esters is 2. The molecule has 0 spiro atoms. The van der Waals surface area contributed by atoms with Crippen LogP contribution in [0.3, 0.4) is 0 Å². The monoisotopic (exact) mass is 425 g/mol. The summed E-state index contributed by atoms with van der Waals surface area (Å²) >= 11 is 0. The Kier molecular flexibility index (Phi) is 7.96. The predicted molar refractivity (Wildman–Crippen MR) is 118 cm³/mol. The van der Waals surface area contributed by atoms with Crippen LogP contribution in [0.25, 0.3) is 6.08 Å². The van der Waals surface area contributed by atoms with Gasteiger partial charge in [-0.05, 0) is 68.8 Å². The molecule has 2 rings (SSSR count). The van der Waals surface area contributed by atoms with Gasteiger partial charge in [0.25, 0.3) is 0 Å². The van der Waals surface area contributed by atoms with Crippen LogP contribution >= 0.6 is 0 Å². The lowest BCUT2D eigenvalue weighted by molar-refractivity contribution is -0.150. The molecule has 1 amide bonds. The smallest absolute Gasteiger partial charge is 0.338 e.